The summed E-state index contributed by atoms with van der Waals surface area (Å²) in [5, 5.41) is 31.7. The van der Waals surface area contributed by atoms with Crippen LogP contribution in [0.4, 0.5) is 5.82 Å². The number of aliphatic hydroxyl groups is 3. The van der Waals surface area contributed by atoms with E-state index in [9.17, 15) is 10.2 Å². The van der Waals surface area contributed by atoms with E-state index >= 15 is 0 Å². The summed E-state index contributed by atoms with van der Waals surface area (Å²) in [6, 6.07) is 0. The van der Waals surface area contributed by atoms with Gasteiger partial charge in [0.05, 0.1) is 31.9 Å². The Bertz CT molecular complexity index is 489. The molecule has 0 saturated carbocycles. The Hall–Kier alpha value is -1.48. The van der Waals surface area contributed by atoms with Crippen molar-refractivity contribution < 1.29 is 20.1 Å². The molecule has 1 aromatic heterocycles. The molecule has 4 N–H and O–H groups in total. The maximum Gasteiger partial charge on any atom is 0.139 e. The highest BCUT2D eigenvalue weighted by Gasteiger charge is 2.36. The number of aromatic nitrogens is 2. The van der Waals surface area contributed by atoms with Crippen LogP contribution >= 0.6 is 0 Å². The molecule has 0 aliphatic carbocycles. The van der Waals surface area contributed by atoms with Crippen molar-refractivity contribution >= 4 is 12.2 Å². The van der Waals surface area contributed by atoms with Crippen LogP contribution in [0.2, 0.25) is 0 Å². The molecule has 1 saturated heterocycles. The van der Waals surface area contributed by atoms with Crippen molar-refractivity contribution in [3.8, 4) is 0 Å². The van der Waals surface area contributed by atoms with E-state index in [2.05, 4.69) is 15.3 Å². The largest absolute Gasteiger partial charge is 0.394 e. The van der Waals surface area contributed by atoms with Crippen LogP contribution in [0.5, 0.6) is 0 Å². The molecule has 2 aliphatic heterocycles. The predicted molar refractivity (Wildman–Crippen MR) is 65.8 cm³/mol. The average molecular weight is 268 g/mol. The fraction of sp³-hybridized carbons (Fsp3) is 0.636. The lowest BCUT2D eigenvalue weighted by molar-refractivity contribution is -0.0437. The van der Waals surface area contributed by atoms with Gasteiger partial charge >= 0.3 is 0 Å². The normalized spacial score (nSPS) is 33.8. The van der Waals surface area contributed by atoms with Gasteiger partial charge in [0, 0.05) is 6.42 Å². The Morgan fingerprint density at radius 1 is 1.47 bits per heavy atom. The average Bonchev–Trinajstić information content (AvgIpc) is 2.93. The Morgan fingerprint density at radius 3 is 3.05 bits per heavy atom. The molecule has 0 amide bonds. The molecule has 1 aromatic rings. The lowest BCUT2D eigenvalue weighted by atomic mass is 10.2. The van der Waals surface area contributed by atoms with Crippen molar-refractivity contribution in [3.63, 3.8) is 0 Å². The maximum absolute atomic E-state index is 9.89. The SMILES string of the molecule is OC[C@@H]1O[C@H](n2cnc3c2NC=NC[C@@H]3O)C[C@H]1O. The summed E-state index contributed by atoms with van der Waals surface area (Å²) < 4.78 is 7.27. The summed E-state index contributed by atoms with van der Waals surface area (Å²) in [5.41, 5.74) is 0.503. The number of aliphatic imine (C=N–C) groups is 1. The van der Waals surface area contributed by atoms with Crippen molar-refractivity contribution in [2.45, 2.75) is 31.0 Å². The van der Waals surface area contributed by atoms with Crippen molar-refractivity contribution in [3.05, 3.63) is 12.0 Å². The lowest BCUT2D eigenvalue weighted by Gasteiger charge is -2.16. The monoisotopic (exact) mass is 268 g/mol. The minimum Gasteiger partial charge on any atom is -0.394 e. The number of imidazole rings is 1. The Labute approximate surface area is 109 Å². The van der Waals surface area contributed by atoms with Crippen LogP contribution in [0.15, 0.2) is 11.3 Å². The Morgan fingerprint density at radius 2 is 2.32 bits per heavy atom. The number of rotatable bonds is 2. The number of ether oxygens (including phenoxy) is 1. The molecular formula is C11H16N4O4. The molecule has 3 heterocycles. The first-order chi connectivity index (χ1) is 9.20. The molecule has 4 atom stereocenters. The number of hydrogen-bond acceptors (Lipinski definition) is 7. The standard InChI is InChI=1S/C11H16N4O4/c16-3-8-6(17)1-9(19-8)15-5-14-10-7(18)2-12-4-13-11(10)15/h4-9,16-18H,1-3H2,(H,12,13)/t6-,7+,8+,9+/m1/s1. The molecule has 8 heteroatoms. The van der Waals surface area contributed by atoms with Gasteiger partial charge in [-0.1, -0.05) is 0 Å². The topological polar surface area (TPSA) is 112 Å². The first-order valence-corrected chi connectivity index (χ1v) is 6.14. The minimum absolute atomic E-state index is 0.230. The molecular weight excluding hydrogens is 252 g/mol. The quantitative estimate of drug-likeness (QED) is 0.548. The third kappa shape index (κ3) is 2.12. The highest BCUT2D eigenvalue weighted by molar-refractivity contribution is 5.76. The van der Waals surface area contributed by atoms with Crippen molar-refractivity contribution in [1.82, 2.24) is 9.55 Å². The van der Waals surface area contributed by atoms with E-state index in [1.54, 1.807) is 10.9 Å². The van der Waals surface area contributed by atoms with Gasteiger partial charge < -0.3 is 25.4 Å². The fourth-order valence-electron chi connectivity index (χ4n) is 2.38. The van der Waals surface area contributed by atoms with Crippen LogP contribution in [0.1, 0.15) is 24.4 Å². The molecule has 0 radical (unpaired) electrons. The van der Waals surface area contributed by atoms with Gasteiger partial charge in [-0.3, -0.25) is 9.56 Å². The van der Waals surface area contributed by atoms with E-state index in [4.69, 9.17) is 9.84 Å². The molecule has 0 aromatic carbocycles. The summed E-state index contributed by atoms with van der Waals surface area (Å²) in [5.74, 6) is 0.601. The number of aliphatic hydroxyl groups excluding tert-OH is 3. The lowest BCUT2D eigenvalue weighted by Crippen LogP contribution is -2.24. The smallest absolute Gasteiger partial charge is 0.139 e. The summed E-state index contributed by atoms with van der Waals surface area (Å²) in [6.45, 7) is 0.0243. The highest BCUT2D eigenvalue weighted by atomic mass is 16.5. The number of fused-ring (bicyclic) bond motifs is 1. The van der Waals surface area contributed by atoms with Crippen LogP contribution in [0, 0.1) is 0 Å². The first-order valence-electron chi connectivity index (χ1n) is 6.14. The number of nitrogens with one attached hydrogen (secondary N) is 1. The zero-order valence-corrected chi connectivity index (χ0v) is 10.2. The number of hydrogen-bond donors (Lipinski definition) is 4. The zero-order valence-electron chi connectivity index (χ0n) is 10.2. The summed E-state index contributed by atoms with van der Waals surface area (Å²) in [6.07, 6.45) is 0.935. The zero-order chi connectivity index (χ0) is 13.4. The molecule has 0 bridgehead atoms. The van der Waals surface area contributed by atoms with E-state index in [1.807, 2.05) is 0 Å². The Kier molecular flexibility index (Phi) is 3.23. The van der Waals surface area contributed by atoms with E-state index in [1.165, 1.54) is 6.34 Å². The van der Waals surface area contributed by atoms with Gasteiger partial charge in [0.1, 0.15) is 29.9 Å². The van der Waals surface area contributed by atoms with Crippen LogP contribution in [-0.2, 0) is 4.74 Å². The minimum atomic E-state index is -0.762. The molecule has 0 unspecified atom stereocenters. The van der Waals surface area contributed by atoms with Gasteiger partial charge in [0.25, 0.3) is 0 Å². The van der Waals surface area contributed by atoms with Gasteiger partial charge in [-0.2, -0.15) is 0 Å². The molecule has 8 nitrogen and oxygen atoms in total. The second-order valence-electron chi connectivity index (χ2n) is 4.65. The summed E-state index contributed by atoms with van der Waals surface area (Å²) >= 11 is 0. The van der Waals surface area contributed by atoms with Crippen LogP contribution in [-0.4, -0.2) is 56.6 Å². The highest BCUT2D eigenvalue weighted by Crippen LogP contribution is 2.34. The van der Waals surface area contributed by atoms with Gasteiger partial charge in [0.15, 0.2) is 0 Å². The van der Waals surface area contributed by atoms with Crippen molar-refractivity contribution in [1.29, 1.82) is 0 Å². The summed E-state index contributed by atoms with van der Waals surface area (Å²) in [4.78, 5) is 8.15. The fourth-order valence-corrected chi connectivity index (χ4v) is 2.38. The van der Waals surface area contributed by atoms with Crippen molar-refractivity contribution in [2.24, 2.45) is 4.99 Å². The van der Waals surface area contributed by atoms with Gasteiger partial charge in [0.2, 0.25) is 0 Å². The molecule has 19 heavy (non-hydrogen) atoms. The van der Waals surface area contributed by atoms with E-state index in [-0.39, 0.29) is 13.2 Å². The van der Waals surface area contributed by atoms with Crippen LogP contribution in [0.3, 0.4) is 0 Å². The van der Waals surface area contributed by atoms with E-state index in [0.29, 0.717) is 17.9 Å². The van der Waals surface area contributed by atoms with Gasteiger partial charge in [-0.25, -0.2) is 4.98 Å². The second kappa shape index (κ2) is 4.89. The molecule has 1 fully saturated rings. The second-order valence-corrected chi connectivity index (χ2v) is 4.65. The van der Waals surface area contributed by atoms with E-state index in [0.717, 1.165) is 0 Å². The number of nitrogens with zero attached hydrogens (tertiary/aromatic N) is 3. The van der Waals surface area contributed by atoms with E-state index < -0.39 is 24.5 Å². The van der Waals surface area contributed by atoms with Crippen molar-refractivity contribution in [2.75, 3.05) is 18.5 Å². The maximum atomic E-state index is 9.89. The van der Waals surface area contributed by atoms with Crippen LogP contribution in [0.25, 0.3) is 0 Å². The molecule has 3 rings (SSSR count). The Balaban J connectivity index is 1.89. The molecule has 104 valence electrons. The van der Waals surface area contributed by atoms with Crippen LogP contribution < -0.4 is 5.32 Å². The predicted octanol–water partition coefficient (Wildman–Crippen LogP) is -0.989. The summed E-state index contributed by atoms with van der Waals surface area (Å²) in [7, 11) is 0. The van der Waals surface area contributed by atoms with Gasteiger partial charge in [-0.05, 0) is 0 Å². The third-order valence-corrected chi connectivity index (χ3v) is 3.40. The molecule has 0 spiro atoms. The molecule has 2 aliphatic rings. The van der Waals surface area contributed by atoms with Gasteiger partial charge in [-0.15, -0.1) is 0 Å². The first kappa shape index (κ1) is 12.5. The number of anilines is 1. The third-order valence-electron chi connectivity index (χ3n) is 3.40.